The summed E-state index contributed by atoms with van der Waals surface area (Å²) in [6, 6.07) is 6.22. The molecule has 0 bridgehead atoms. The van der Waals surface area contributed by atoms with Crippen LogP contribution in [0.5, 0.6) is 0 Å². The number of carbonyl (C=O) groups excluding carboxylic acids is 1. The average molecular weight is 356 g/mol. The van der Waals surface area contributed by atoms with Gasteiger partial charge in [0.1, 0.15) is 0 Å². The third-order valence-electron chi connectivity index (χ3n) is 4.88. The Hall–Kier alpha value is -0.810. The summed E-state index contributed by atoms with van der Waals surface area (Å²) < 4.78 is 0. The van der Waals surface area contributed by atoms with Crippen molar-refractivity contribution in [2.24, 2.45) is 0 Å². The van der Waals surface area contributed by atoms with E-state index in [1.165, 1.54) is 0 Å². The van der Waals surface area contributed by atoms with Gasteiger partial charge in [-0.05, 0) is 37.5 Å². The molecule has 1 amide bonds. The maximum atomic E-state index is 12.8. The Bertz CT molecular complexity index is 581. The molecule has 0 radical (unpaired) electrons. The van der Waals surface area contributed by atoms with Gasteiger partial charge in [-0.1, -0.05) is 29.3 Å². The van der Waals surface area contributed by atoms with Gasteiger partial charge in [-0.2, -0.15) is 0 Å². The molecule has 6 heteroatoms. The quantitative estimate of drug-likeness (QED) is 0.905. The van der Waals surface area contributed by atoms with Crippen LogP contribution in [0.2, 0.25) is 10.0 Å². The molecule has 2 fully saturated rings. The topological polar surface area (TPSA) is 35.6 Å². The Morgan fingerprint density at radius 1 is 1.30 bits per heavy atom. The zero-order valence-corrected chi connectivity index (χ0v) is 14.9. The van der Waals surface area contributed by atoms with Crippen molar-refractivity contribution in [3.63, 3.8) is 0 Å². The lowest BCUT2D eigenvalue weighted by Gasteiger charge is -2.35. The first-order valence-corrected chi connectivity index (χ1v) is 9.01. The summed E-state index contributed by atoms with van der Waals surface area (Å²) in [4.78, 5) is 17.1. The van der Waals surface area contributed by atoms with E-state index in [9.17, 15) is 4.79 Å². The highest BCUT2D eigenvalue weighted by Crippen LogP contribution is 2.35. The number of hydrogen-bond donors (Lipinski definition) is 1. The highest BCUT2D eigenvalue weighted by Gasteiger charge is 2.32. The van der Waals surface area contributed by atoms with E-state index in [0.29, 0.717) is 22.6 Å². The average Bonchev–Trinajstić information content (AvgIpc) is 3.02. The number of hydrogen-bond acceptors (Lipinski definition) is 3. The number of amides is 1. The summed E-state index contributed by atoms with van der Waals surface area (Å²) in [6.07, 6.45) is 2.02. The van der Waals surface area contributed by atoms with Gasteiger partial charge >= 0.3 is 0 Å². The van der Waals surface area contributed by atoms with E-state index >= 15 is 0 Å². The molecule has 2 saturated heterocycles. The Balaban J connectivity index is 1.70. The van der Waals surface area contributed by atoms with Crippen molar-refractivity contribution >= 4 is 29.1 Å². The molecule has 2 atom stereocenters. The second kappa shape index (κ2) is 7.39. The predicted octanol–water partition coefficient (Wildman–Crippen LogP) is 2.95. The molecule has 0 aliphatic carbocycles. The minimum absolute atomic E-state index is 0.121. The first-order valence-electron chi connectivity index (χ1n) is 8.25. The molecular formula is C17H23Cl2N3O. The summed E-state index contributed by atoms with van der Waals surface area (Å²) in [7, 11) is 0. The molecule has 0 spiro atoms. The van der Waals surface area contributed by atoms with Crippen molar-refractivity contribution in [3.05, 3.63) is 33.8 Å². The second-order valence-corrected chi connectivity index (χ2v) is 7.26. The first kappa shape index (κ1) is 17.0. The third-order valence-corrected chi connectivity index (χ3v) is 5.62. The summed E-state index contributed by atoms with van der Waals surface area (Å²) in [5, 5.41) is 4.47. The van der Waals surface area contributed by atoms with Crippen LogP contribution in [-0.2, 0) is 4.79 Å². The Morgan fingerprint density at radius 3 is 2.87 bits per heavy atom. The smallest absolute Gasteiger partial charge is 0.237 e. The normalized spacial score (nSPS) is 25.8. The van der Waals surface area contributed by atoms with E-state index in [2.05, 4.69) is 17.1 Å². The number of piperazine rings is 1. The lowest BCUT2D eigenvalue weighted by Crippen LogP contribution is -2.53. The number of nitrogens with zero attached hydrogens (tertiary/aromatic N) is 2. The van der Waals surface area contributed by atoms with Crippen LogP contribution in [0.1, 0.15) is 31.4 Å². The first-order chi connectivity index (χ1) is 11.1. The fraction of sp³-hybridized carbons (Fsp3) is 0.588. The van der Waals surface area contributed by atoms with E-state index in [-0.39, 0.29) is 11.9 Å². The zero-order chi connectivity index (χ0) is 16.4. The maximum absolute atomic E-state index is 12.8. The lowest BCUT2D eigenvalue weighted by molar-refractivity contribution is -0.134. The van der Waals surface area contributed by atoms with Crippen molar-refractivity contribution in [3.8, 4) is 0 Å². The summed E-state index contributed by atoms with van der Waals surface area (Å²) in [5.74, 6) is 0.215. The van der Waals surface area contributed by atoms with Crippen LogP contribution in [-0.4, -0.2) is 54.5 Å². The van der Waals surface area contributed by atoms with Gasteiger partial charge in [-0.15, -0.1) is 0 Å². The van der Waals surface area contributed by atoms with Crippen molar-refractivity contribution in [1.29, 1.82) is 0 Å². The predicted molar refractivity (Wildman–Crippen MR) is 94.1 cm³/mol. The number of likely N-dealkylation sites (tertiary alicyclic amines) is 1. The second-order valence-electron chi connectivity index (χ2n) is 6.44. The van der Waals surface area contributed by atoms with Gasteiger partial charge in [0.15, 0.2) is 0 Å². The van der Waals surface area contributed by atoms with Gasteiger partial charge in [0, 0.05) is 32.2 Å². The van der Waals surface area contributed by atoms with Crippen LogP contribution in [0.3, 0.4) is 0 Å². The Kier molecular flexibility index (Phi) is 5.47. The lowest BCUT2D eigenvalue weighted by atomic mass is 10.0. The minimum atomic E-state index is 0.121. The molecule has 4 nitrogen and oxygen atoms in total. The molecule has 3 rings (SSSR count). The van der Waals surface area contributed by atoms with Gasteiger partial charge in [-0.25, -0.2) is 0 Å². The molecule has 1 aromatic carbocycles. The monoisotopic (exact) mass is 355 g/mol. The molecule has 0 aromatic heterocycles. The molecule has 126 valence electrons. The number of benzene rings is 1. The fourth-order valence-corrected chi connectivity index (χ4v) is 3.82. The zero-order valence-electron chi connectivity index (χ0n) is 13.4. The Morgan fingerprint density at radius 2 is 2.13 bits per heavy atom. The van der Waals surface area contributed by atoms with E-state index in [1.54, 1.807) is 0 Å². The van der Waals surface area contributed by atoms with E-state index < -0.39 is 0 Å². The number of carbonyl (C=O) groups is 1. The van der Waals surface area contributed by atoms with Crippen molar-refractivity contribution in [1.82, 2.24) is 15.1 Å². The van der Waals surface area contributed by atoms with E-state index in [0.717, 1.165) is 44.6 Å². The highest BCUT2D eigenvalue weighted by molar-refractivity contribution is 6.42. The van der Waals surface area contributed by atoms with Gasteiger partial charge in [0.05, 0.1) is 22.6 Å². The van der Waals surface area contributed by atoms with Gasteiger partial charge in [0.25, 0.3) is 0 Å². The molecule has 0 saturated carbocycles. The minimum Gasteiger partial charge on any atom is -0.335 e. The fourth-order valence-electron chi connectivity index (χ4n) is 3.51. The maximum Gasteiger partial charge on any atom is 0.237 e. The number of nitrogens with one attached hydrogen (secondary N) is 1. The summed E-state index contributed by atoms with van der Waals surface area (Å²) >= 11 is 12.1. The highest BCUT2D eigenvalue weighted by atomic mass is 35.5. The van der Waals surface area contributed by atoms with Gasteiger partial charge in [-0.3, -0.25) is 9.69 Å². The largest absolute Gasteiger partial charge is 0.335 e. The summed E-state index contributed by atoms with van der Waals surface area (Å²) in [6.45, 7) is 6.32. The van der Waals surface area contributed by atoms with Gasteiger partial charge in [0.2, 0.25) is 5.91 Å². The van der Waals surface area contributed by atoms with Crippen molar-refractivity contribution in [2.75, 3.05) is 32.7 Å². The van der Waals surface area contributed by atoms with Crippen molar-refractivity contribution in [2.45, 2.75) is 31.8 Å². The van der Waals surface area contributed by atoms with Crippen LogP contribution in [0.25, 0.3) is 0 Å². The van der Waals surface area contributed by atoms with E-state index in [4.69, 9.17) is 23.2 Å². The molecule has 2 aliphatic rings. The SMILES string of the molecule is C[C@H]1CNCCN1CC(=O)N1CCCC1c1ccc(Cl)c(Cl)c1. The standard InChI is InChI=1S/C17H23Cl2N3O/c1-12-10-20-6-8-21(12)11-17(23)22-7-2-3-16(22)13-4-5-14(18)15(19)9-13/h4-5,9,12,16,20H,2-3,6-8,10-11H2,1H3/t12-,16?/m0/s1. The molecule has 1 N–H and O–H groups in total. The Labute approximate surface area is 147 Å². The number of halogens is 2. The van der Waals surface area contributed by atoms with Crippen LogP contribution in [0.15, 0.2) is 18.2 Å². The van der Waals surface area contributed by atoms with Crippen LogP contribution in [0.4, 0.5) is 0 Å². The molecule has 23 heavy (non-hydrogen) atoms. The van der Waals surface area contributed by atoms with Gasteiger partial charge < -0.3 is 10.2 Å². The molecule has 2 heterocycles. The summed E-state index contributed by atoms with van der Waals surface area (Å²) in [5.41, 5.74) is 1.08. The molecule has 2 aliphatic heterocycles. The molecule has 1 unspecified atom stereocenters. The van der Waals surface area contributed by atoms with Crippen LogP contribution < -0.4 is 5.32 Å². The number of rotatable bonds is 3. The van der Waals surface area contributed by atoms with E-state index in [1.807, 2.05) is 23.1 Å². The van der Waals surface area contributed by atoms with Crippen molar-refractivity contribution < 1.29 is 4.79 Å². The van der Waals surface area contributed by atoms with Crippen LogP contribution >= 0.6 is 23.2 Å². The van der Waals surface area contributed by atoms with Crippen LogP contribution in [0, 0.1) is 0 Å². The molecular weight excluding hydrogens is 333 g/mol. The third kappa shape index (κ3) is 3.82. The molecule has 1 aromatic rings.